The van der Waals surface area contributed by atoms with Gasteiger partial charge in [-0.15, -0.1) is 10.2 Å². The molecule has 0 amide bonds. The molecule has 128 valence electrons. The van der Waals surface area contributed by atoms with Crippen LogP contribution in [0.2, 0.25) is 0 Å². The largest absolute Gasteiger partial charge is 0.352 e. The Bertz CT molecular complexity index is 913. The first-order valence-electron chi connectivity index (χ1n) is 8.91. The summed E-state index contributed by atoms with van der Waals surface area (Å²) in [5, 5.41) is 13.5. The van der Waals surface area contributed by atoms with E-state index in [1.54, 1.807) is 6.20 Å². The third-order valence-electron chi connectivity index (χ3n) is 5.39. The molecule has 0 bridgehead atoms. The number of fused-ring (bicyclic) bond motifs is 2. The first-order chi connectivity index (χ1) is 12.3. The number of anilines is 2. The molecular formula is C18H21N7. The van der Waals surface area contributed by atoms with Gasteiger partial charge in [0.1, 0.15) is 5.82 Å². The highest BCUT2D eigenvalue weighted by atomic mass is 15.4. The molecule has 3 aromatic rings. The Morgan fingerprint density at radius 2 is 2.00 bits per heavy atom. The van der Waals surface area contributed by atoms with Crippen molar-refractivity contribution in [2.45, 2.75) is 31.7 Å². The Kier molecular flexibility index (Phi) is 3.33. The lowest BCUT2D eigenvalue weighted by Gasteiger charge is -2.44. The lowest BCUT2D eigenvalue weighted by atomic mass is 9.96. The summed E-state index contributed by atoms with van der Waals surface area (Å²) in [6.45, 7) is 1.90. The van der Waals surface area contributed by atoms with Gasteiger partial charge in [0.2, 0.25) is 0 Å². The van der Waals surface area contributed by atoms with Gasteiger partial charge in [0.05, 0.1) is 11.7 Å². The summed E-state index contributed by atoms with van der Waals surface area (Å²) in [4.78, 5) is 8.79. The van der Waals surface area contributed by atoms with E-state index in [1.165, 1.54) is 24.1 Å². The topological polar surface area (TPSA) is 62.5 Å². The van der Waals surface area contributed by atoms with Crippen LogP contribution in [-0.4, -0.2) is 51.0 Å². The van der Waals surface area contributed by atoms with Gasteiger partial charge in [-0.2, -0.15) is 5.10 Å². The van der Waals surface area contributed by atoms with Gasteiger partial charge in [0.25, 0.3) is 0 Å². The fourth-order valence-electron chi connectivity index (χ4n) is 3.70. The molecule has 1 fully saturated rings. The normalized spacial score (nSPS) is 17.4. The summed E-state index contributed by atoms with van der Waals surface area (Å²) in [7, 11) is 2.10. The zero-order chi connectivity index (χ0) is 16.8. The molecule has 1 aliphatic carbocycles. The zero-order valence-electron chi connectivity index (χ0n) is 14.3. The molecule has 0 radical (unpaired) electrons. The van der Waals surface area contributed by atoms with Crippen molar-refractivity contribution in [1.82, 2.24) is 24.8 Å². The Morgan fingerprint density at radius 1 is 1.12 bits per heavy atom. The summed E-state index contributed by atoms with van der Waals surface area (Å²) < 4.78 is 1.82. The number of rotatable bonds is 3. The van der Waals surface area contributed by atoms with Crippen molar-refractivity contribution in [2.75, 3.05) is 29.9 Å². The van der Waals surface area contributed by atoms with Crippen molar-refractivity contribution in [1.29, 1.82) is 0 Å². The van der Waals surface area contributed by atoms with E-state index in [0.29, 0.717) is 6.04 Å². The van der Waals surface area contributed by atoms with Gasteiger partial charge in [0, 0.05) is 32.5 Å². The van der Waals surface area contributed by atoms with Crippen LogP contribution in [0.25, 0.3) is 5.65 Å². The zero-order valence-corrected chi connectivity index (χ0v) is 14.3. The lowest BCUT2D eigenvalue weighted by Crippen LogP contribution is -2.59. The van der Waals surface area contributed by atoms with Gasteiger partial charge in [-0.25, -0.2) is 9.50 Å². The predicted molar refractivity (Wildman–Crippen MR) is 96.1 cm³/mol. The highest BCUT2D eigenvalue weighted by Crippen LogP contribution is 2.27. The second-order valence-electron chi connectivity index (χ2n) is 6.97. The number of hydrogen-bond donors (Lipinski definition) is 0. The molecule has 5 rings (SSSR count). The Hall–Kier alpha value is -2.70. The van der Waals surface area contributed by atoms with E-state index in [-0.39, 0.29) is 0 Å². The quantitative estimate of drug-likeness (QED) is 0.726. The molecule has 7 nitrogen and oxygen atoms in total. The number of hydrogen-bond acceptors (Lipinski definition) is 6. The van der Waals surface area contributed by atoms with Crippen LogP contribution in [0.1, 0.15) is 24.1 Å². The molecule has 0 unspecified atom stereocenters. The first-order valence-corrected chi connectivity index (χ1v) is 8.91. The highest BCUT2D eigenvalue weighted by Gasteiger charge is 2.32. The van der Waals surface area contributed by atoms with Crippen molar-refractivity contribution >= 4 is 17.3 Å². The van der Waals surface area contributed by atoms with Gasteiger partial charge >= 0.3 is 0 Å². The van der Waals surface area contributed by atoms with Crippen molar-refractivity contribution in [3.63, 3.8) is 0 Å². The van der Waals surface area contributed by atoms with Crippen LogP contribution < -0.4 is 9.80 Å². The van der Waals surface area contributed by atoms with Crippen LogP contribution in [-0.2, 0) is 12.8 Å². The maximum Gasteiger partial charge on any atom is 0.153 e. The van der Waals surface area contributed by atoms with E-state index >= 15 is 0 Å². The monoisotopic (exact) mass is 335 g/mol. The standard InChI is InChI=1S/C18H21N7/c1-23(17-7-6-16-19-8-9-25(16)22-17)14-11-24(12-14)18-10-13-4-2-3-5-15(13)20-21-18/h6-10,14H,2-5,11-12H2,1H3. The molecule has 1 aliphatic heterocycles. The van der Waals surface area contributed by atoms with E-state index in [4.69, 9.17) is 0 Å². The molecule has 4 heterocycles. The van der Waals surface area contributed by atoms with E-state index in [0.717, 1.165) is 43.2 Å². The van der Waals surface area contributed by atoms with Gasteiger partial charge in [-0.05, 0) is 49.4 Å². The molecule has 0 spiro atoms. The van der Waals surface area contributed by atoms with Crippen molar-refractivity contribution in [3.05, 3.63) is 41.9 Å². The van der Waals surface area contributed by atoms with Crippen molar-refractivity contribution in [3.8, 4) is 0 Å². The number of aryl methyl sites for hydroxylation is 2. The summed E-state index contributed by atoms with van der Waals surface area (Å²) in [6.07, 6.45) is 8.38. The van der Waals surface area contributed by atoms with Gasteiger partial charge in [0.15, 0.2) is 11.5 Å². The van der Waals surface area contributed by atoms with Crippen LogP contribution in [0.15, 0.2) is 30.6 Å². The first kappa shape index (κ1) is 14.6. The van der Waals surface area contributed by atoms with Crippen LogP contribution in [0.5, 0.6) is 0 Å². The number of nitrogens with zero attached hydrogens (tertiary/aromatic N) is 7. The van der Waals surface area contributed by atoms with Gasteiger partial charge in [-0.1, -0.05) is 0 Å². The molecule has 1 saturated heterocycles. The predicted octanol–water partition coefficient (Wildman–Crippen LogP) is 1.72. The Morgan fingerprint density at radius 3 is 2.92 bits per heavy atom. The van der Waals surface area contributed by atoms with E-state index in [1.807, 2.05) is 22.8 Å². The smallest absolute Gasteiger partial charge is 0.153 e. The average molecular weight is 335 g/mol. The number of aromatic nitrogens is 5. The lowest BCUT2D eigenvalue weighted by molar-refractivity contribution is 0.485. The van der Waals surface area contributed by atoms with E-state index < -0.39 is 0 Å². The van der Waals surface area contributed by atoms with E-state index in [9.17, 15) is 0 Å². The summed E-state index contributed by atoms with van der Waals surface area (Å²) >= 11 is 0. The maximum atomic E-state index is 4.63. The van der Waals surface area contributed by atoms with Crippen molar-refractivity contribution < 1.29 is 0 Å². The SMILES string of the molecule is CN(c1ccc2nccn2n1)C1CN(c2cc3c(nn2)CCCC3)C1. The molecule has 0 N–H and O–H groups in total. The highest BCUT2D eigenvalue weighted by molar-refractivity contribution is 5.51. The summed E-state index contributed by atoms with van der Waals surface area (Å²) in [5.74, 6) is 1.98. The van der Waals surface area contributed by atoms with Crippen molar-refractivity contribution in [2.24, 2.45) is 0 Å². The van der Waals surface area contributed by atoms with Crippen LogP contribution in [0.3, 0.4) is 0 Å². The molecule has 7 heteroatoms. The molecule has 0 atom stereocenters. The minimum absolute atomic E-state index is 0.436. The maximum absolute atomic E-state index is 4.63. The van der Waals surface area contributed by atoms with Crippen LogP contribution in [0.4, 0.5) is 11.6 Å². The Labute approximate surface area is 146 Å². The number of likely N-dealkylation sites (N-methyl/N-ethyl adjacent to an activating group) is 1. The van der Waals surface area contributed by atoms with Crippen LogP contribution in [0, 0.1) is 0 Å². The fourth-order valence-corrected chi connectivity index (χ4v) is 3.70. The third kappa shape index (κ3) is 2.50. The fraction of sp³-hybridized carbons (Fsp3) is 0.444. The molecule has 25 heavy (non-hydrogen) atoms. The number of imidazole rings is 1. The average Bonchev–Trinajstić information content (AvgIpc) is 3.08. The summed E-state index contributed by atoms with van der Waals surface area (Å²) in [6, 6.07) is 6.72. The molecule has 0 aromatic carbocycles. The van der Waals surface area contributed by atoms with Gasteiger partial charge < -0.3 is 9.80 Å². The summed E-state index contributed by atoms with van der Waals surface area (Å²) in [5.41, 5.74) is 3.46. The third-order valence-corrected chi connectivity index (χ3v) is 5.39. The second-order valence-corrected chi connectivity index (χ2v) is 6.97. The van der Waals surface area contributed by atoms with Crippen LogP contribution >= 0.6 is 0 Å². The molecular weight excluding hydrogens is 314 g/mol. The van der Waals surface area contributed by atoms with E-state index in [2.05, 4.69) is 43.2 Å². The molecule has 2 aliphatic rings. The minimum Gasteiger partial charge on any atom is -0.352 e. The second kappa shape index (κ2) is 5.68. The molecule has 3 aromatic heterocycles. The molecule has 0 saturated carbocycles. The Balaban J connectivity index is 1.29. The minimum atomic E-state index is 0.436. The van der Waals surface area contributed by atoms with Gasteiger partial charge in [-0.3, -0.25) is 0 Å².